The Bertz CT molecular complexity index is 100. The fourth-order valence-electron chi connectivity index (χ4n) is 1.11. The van der Waals surface area contributed by atoms with Crippen molar-refractivity contribution in [2.45, 2.75) is 37.6 Å². The van der Waals surface area contributed by atoms with E-state index in [9.17, 15) is 5.11 Å². The van der Waals surface area contributed by atoms with Gasteiger partial charge in [-0.15, -0.1) is 0 Å². The van der Waals surface area contributed by atoms with Crippen molar-refractivity contribution in [3.63, 3.8) is 0 Å². The van der Waals surface area contributed by atoms with Crippen LogP contribution < -0.4 is 0 Å². The Labute approximate surface area is 53.9 Å². The van der Waals surface area contributed by atoms with Gasteiger partial charge in [0.15, 0.2) is 5.79 Å². The molecule has 2 N–H and O–H groups in total. The summed E-state index contributed by atoms with van der Waals surface area (Å²) < 4.78 is 0. The molecule has 0 aromatic carbocycles. The average Bonchev–Trinajstić information content (AvgIpc) is 1.77. The highest BCUT2D eigenvalue weighted by molar-refractivity contribution is 4.79. The standard InChI is InChI=1S/C6H11O3/c7-5-3-1-2-4-6(5,8)9/h5,8-9H,1-4H2. The van der Waals surface area contributed by atoms with Crippen LogP contribution in [0.4, 0.5) is 0 Å². The highest BCUT2D eigenvalue weighted by atomic mass is 16.5. The van der Waals surface area contributed by atoms with Gasteiger partial charge in [0.05, 0.1) is 0 Å². The van der Waals surface area contributed by atoms with Crippen LogP contribution in [0.25, 0.3) is 0 Å². The number of hydrogen-bond donors (Lipinski definition) is 2. The molecule has 1 unspecified atom stereocenters. The van der Waals surface area contributed by atoms with E-state index in [1.807, 2.05) is 0 Å². The predicted octanol–water partition coefficient (Wildman–Crippen LogP) is 0.0404. The maximum Gasteiger partial charge on any atom is 0.192 e. The lowest BCUT2D eigenvalue weighted by atomic mass is 9.92. The van der Waals surface area contributed by atoms with Crippen LogP contribution in [-0.2, 0) is 5.11 Å². The Hall–Kier alpha value is -0.120. The van der Waals surface area contributed by atoms with Crippen molar-refractivity contribution in [3.05, 3.63) is 0 Å². The van der Waals surface area contributed by atoms with E-state index in [0.717, 1.165) is 12.8 Å². The lowest BCUT2D eigenvalue weighted by Gasteiger charge is -2.29. The molecule has 0 aliphatic heterocycles. The zero-order chi connectivity index (χ0) is 6.91. The third-order valence-corrected chi connectivity index (χ3v) is 1.78. The quantitative estimate of drug-likeness (QED) is 0.456. The number of aliphatic hydroxyl groups is 2. The minimum Gasteiger partial charge on any atom is -0.363 e. The summed E-state index contributed by atoms with van der Waals surface area (Å²) in [5, 5.41) is 28.5. The molecule has 3 nitrogen and oxygen atoms in total. The molecule has 0 heterocycles. The average molecular weight is 131 g/mol. The molecule has 1 radical (unpaired) electrons. The van der Waals surface area contributed by atoms with Crippen LogP contribution in [0.15, 0.2) is 0 Å². The third-order valence-electron chi connectivity index (χ3n) is 1.78. The summed E-state index contributed by atoms with van der Waals surface area (Å²) in [6.07, 6.45) is 1.03. The molecule has 1 saturated carbocycles. The third kappa shape index (κ3) is 1.41. The molecule has 9 heavy (non-hydrogen) atoms. The van der Waals surface area contributed by atoms with Crippen molar-refractivity contribution in [2.75, 3.05) is 0 Å². The van der Waals surface area contributed by atoms with Crippen molar-refractivity contribution in [2.24, 2.45) is 0 Å². The van der Waals surface area contributed by atoms with Crippen molar-refractivity contribution in [1.29, 1.82) is 0 Å². The van der Waals surface area contributed by atoms with Crippen LogP contribution in [0.2, 0.25) is 0 Å². The van der Waals surface area contributed by atoms with Crippen LogP contribution in [0.3, 0.4) is 0 Å². The second-order valence-electron chi connectivity index (χ2n) is 2.61. The zero-order valence-electron chi connectivity index (χ0n) is 5.21. The van der Waals surface area contributed by atoms with E-state index in [-0.39, 0.29) is 6.42 Å². The van der Waals surface area contributed by atoms with Gasteiger partial charge < -0.3 is 10.2 Å². The van der Waals surface area contributed by atoms with Gasteiger partial charge in [-0.2, -0.15) is 0 Å². The van der Waals surface area contributed by atoms with E-state index in [4.69, 9.17) is 10.2 Å². The first-order chi connectivity index (χ1) is 4.13. The molecular formula is C6H11O3. The van der Waals surface area contributed by atoms with E-state index >= 15 is 0 Å². The van der Waals surface area contributed by atoms with Gasteiger partial charge in [-0.05, 0) is 12.8 Å². The Kier molecular flexibility index (Phi) is 1.75. The second kappa shape index (κ2) is 2.25. The molecule has 3 heteroatoms. The van der Waals surface area contributed by atoms with Gasteiger partial charge in [0.2, 0.25) is 0 Å². The van der Waals surface area contributed by atoms with Gasteiger partial charge in [-0.25, -0.2) is 5.11 Å². The van der Waals surface area contributed by atoms with Gasteiger partial charge in [0.25, 0.3) is 0 Å². The lowest BCUT2D eigenvalue weighted by molar-refractivity contribution is -0.255. The van der Waals surface area contributed by atoms with Gasteiger partial charge >= 0.3 is 0 Å². The second-order valence-corrected chi connectivity index (χ2v) is 2.61. The maximum atomic E-state index is 10.7. The molecular weight excluding hydrogens is 120 g/mol. The molecule has 1 aliphatic rings. The number of hydrogen-bond acceptors (Lipinski definition) is 2. The first-order valence-corrected chi connectivity index (χ1v) is 3.23. The van der Waals surface area contributed by atoms with Crippen molar-refractivity contribution in [3.8, 4) is 0 Å². The zero-order valence-corrected chi connectivity index (χ0v) is 5.21. The summed E-state index contributed by atoms with van der Waals surface area (Å²) in [7, 11) is 0. The van der Waals surface area contributed by atoms with Crippen LogP contribution in [0, 0.1) is 0 Å². The summed E-state index contributed by atoms with van der Waals surface area (Å²) in [5.41, 5.74) is 0. The Morgan fingerprint density at radius 2 is 2.00 bits per heavy atom. The van der Waals surface area contributed by atoms with E-state index in [2.05, 4.69) is 0 Å². The van der Waals surface area contributed by atoms with E-state index < -0.39 is 11.9 Å². The van der Waals surface area contributed by atoms with E-state index in [0.29, 0.717) is 6.42 Å². The van der Waals surface area contributed by atoms with Gasteiger partial charge in [0, 0.05) is 6.42 Å². The molecule has 0 aromatic rings. The SMILES string of the molecule is [O]C1CCCCC1(O)O. The summed E-state index contributed by atoms with van der Waals surface area (Å²) in [5.74, 6) is -1.92. The summed E-state index contributed by atoms with van der Waals surface area (Å²) in [6.45, 7) is 0. The van der Waals surface area contributed by atoms with Gasteiger partial charge in [-0.1, -0.05) is 6.42 Å². The Balaban J connectivity index is 2.49. The Morgan fingerprint density at radius 3 is 2.33 bits per heavy atom. The number of rotatable bonds is 0. The summed E-state index contributed by atoms with van der Waals surface area (Å²) >= 11 is 0. The molecule has 0 bridgehead atoms. The first kappa shape index (κ1) is 6.99. The molecule has 53 valence electrons. The minimum absolute atomic E-state index is 0.237. The fourth-order valence-corrected chi connectivity index (χ4v) is 1.11. The van der Waals surface area contributed by atoms with Crippen molar-refractivity contribution >= 4 is 0 Å². The summed E-state index contributed by atoms with van der Waals surface area (Å²) in [4.78, 5) is 0. The monoisotopic (exact) mass is 131 g/mol. The molecule has 1 rings (SSSR count). The summed E-state index contributed by atoms with van der Waals surface area (Å²) in [6, 6.07) is 0. The maximum absolute atomic E-state index is 10.7. The molecule has 1 fully saturated rings. The van der Waals surface area contributed by atoms with Crippen molar-refractivity contribution < 1.29 is 15.3 Å². The normalized spacial score (nSPS) is 34.3. The van der Waals surface area contributed by atoms with Crippen LogP contribution in [-0.4, -0.2) is 22.1 Å². The minimum atomic E-state index is -1.92. The largest absolute Gasteiger partial charge is 0.363 e. The predicted molar refractivity (Wildman–Crippen MR) is 30.1 cm³/mol. The fraction of sp³-hybridized carbons (Fsp3) is 1.00. The highest BCUT2D eigenvalue weighted by Crippen LogP contribution is 2.25. The lowest BCUT2D eigenvalue weighted by Crippen LogP contribution is -2.43. The first-order valence-electron chi connectivity index (χ1n) is 3.23. The molecule has 0 spiro atoms. The van der Waals surface area contributed by atoms with E-state index in [1.165, 1.54) is 0 Å². The molecule has 1 aliphatic carbocycles. The highest BCUT2D eigenvalue weighted by Gasteiger charge is 2.36. The van der Waals surface area contributed by atoms with Crippen LogP contribution in [0.1, 0.15) is 25.7 Å². The van der Waals surface area contributed by atoms with Crippen LogP contribution >= 0.6 is 0 Å². The van der Waals surface area contributed by atoms with Gasteiger partial charge in [0.1, 0.15) is 6.10 Å². The smallest absolute Gasteiger partial charge is 0.192 e. The molecule has 0 amide bonds. The molecule has 1 atom stereocenters. The van der Waals surface area contributed by atoms with E-state index in [1.54, 1.807) is 0 Å². The van der Waals surface area contributed by atoms with Gasteiger partial charge in [-0.3, -0.25) is 0 Å². The van der Waals surface area contributed by atoms with Crippen molar-refractivity contribution in [1.82, 2.24) is 0 Å². The topological polar surface area (TPSA) is 60.4 Å². The Morgan fingerprint density at radius 1 is 1.33 bits per heavy atom. The molecule has 0 saturated heterocycles. The molecule has 0 aromatic heterocycles. The van der Waals surface area contributed by atoms with Crippen LogP contribution in [0.5, 0.6) is 0 Å².